The molecule has 0 unspecified atom stereocenters. The van der Waals surface area contributed by atoms with Gasteiger partial charge in [-0.25, -0.2) is 0 Å². The van der Waals surface area contributed by atoms with Crippen molar-refractivity contribution in [3.05, 3.63) is 29.8 Å². The van der Waals surface area contributed by atoms with E-state index in [4.69, 9.17) is 15.7 Å². The van der Waals surface area contributed by atoms with Crippen LogP contribution in [0.25, 0.3) is 0 Å². The average Bonchev–Trinajstić information content (AvgIpc) is 2.43. The number of nitrogens with one attached hydrogen (secondary N) is 1. The minimum Gasteiger partial charge on any atom is -0.497 e. The zero-order valence-electron chi connectivity index (χ0n) is 11.8. The van der Waals surface area contributed by atoms with Gasteiger partial charge < -0.3 is 21.0 Å². The summed E-state index contributed by atoms with van der Waals surface area (Å²) in [4.78, 5) is 0. The number of amidine groups is 1. The number of oxime groups is 1. The number of rotatable bonds is 7. The molecule has 19 heavy (non-hydrogen) atoms. The molecule has 0 atom stereocenters. The summed E-state index contributed by atoms with van der Waals surface area (Å²) >= 11 is 0. The molecule has 0 saturated heterocycles. The normalized spacial score (nSPS) is 12.5. The molecule has 1 aromatic carbocycles. The van der Waals surface area contributed by atoms with Crippen LogP contribution in [0.1, 0.15) is 25.8 Å². The Morgan fingerprint density at radius 2 is 2.00 bits per heavy atom. The topological polar surface area (TPSA) is 79.9 Å². The zero-order chi connectivity index (χ0) is 14.3. The van der Waals surface area contributed by atoms with Gasteiger partial charge >= 0.3 is 0 Å². The van der Waals surface area contributed by atoms with E-state index in [0.29, 0.717) is 0 Å². The maximum absolute atomic E-state index is 8.69. The largest absolute Gasteiger partial charge is 0.497 e. The number of hydrogen-bond acceptors (Lipinski definition) is 4. The summed E-state index contributed by atoms with van der Waals surface area (Å²) in [5.41, 5.74) is 6.53. The van der Waals surface area contributed by atoms with Crippen molar-refractivity contribution in [1.82, 2.24) is 5.32 Å². The zero-order valence-corrected chi connectivity index (χ0v) is 11.8. The highest BCUT2D eigenvalue weighted by molar-refractivity contribution is 5.85. The Labute approximate surface area is 114 Å². The van der Waals surface area contributed by atoms with E-state index in [-0.39, 0.29) is 11.3 Å². The van der Waals surface area contributed by atoms with E-state index in [9.17, 15) is 0 Å². The number of methoxy groups -OCH3 is 1. The molecule has 0 saturated carbocycles. The molecule has 0 aliphatic carbocycles. The van der Waals surface area contributed by atoms with E-state index >= 15 is 0 Å². The molecule has 0 aromatic heterocycles. The minimum absolute atomic E-state index is 0.263. The first-order chi connectivity index (χ1) is 8.99. The van der Waals surface area contributed by atoms with Crippen LogP contribution in [0.4, 0.5) is 0 Å². The molecule has 1 rings (SSSR count). The van der Waals surface area contributed by atoms with Gasteiger partial charge in [-0.3, -0.25) is 0 Å². The van der Waals surface area contributed by atoms with Crippen molar-refractivity contribution in [3.8, 4) is 5.75 Å². The first-order valence-corrected chi connectivity index (χ1v) is 6.31. The fourth-order valence-corrected chi connectivity index (χ4v) is 1.64. The Balaban J connectivity index is 2.34. The van der Waals surface area contributed by atoms with Gasteiger partial charge in [-0.1, -0.05) is 31.1 Å². The van der Waals surface area contributed by atoms with Crippen molar-refractivity contribution >= 4 is 5.84 Å². The fourth-order valence-electron chi connectivity index (χ4n) is 1.64. The van der Waals surface area contributed by atoms with E-state index in [0.717, 1.165) is 25.3 Å². The Morgan fingerprint density at radius 1 is 1.37 bits per heavy atom. The molecule has 5 nitrogen and oxygen atoms in total. The van der Waals surface area contributed by atoms with Gasteiger partial charge in [0.2, 0.25) is 0 Å². The molecule has 0 amide bonds. The number of benzene rings is 1. The van der Waals surface area contributed by atoms with Gasteiger partial charge in [-0.2, -0.15) is 0 Å². The van der Waals surface area contributed by atoms with Crippen molar-refractivity contribution in [2.75, 3.05) is 13.7 Å². The predicted molar refractivity (Wildman–Crippen MR) is 76.5 cm³/mol. The third-order valence-corrected chi connectivity index (χ3v) is 3.22. The lowest BCUT2D eigenvalue weighted by Gasteiger charge is -2.22. The number of nitrogens with zero attached hydrogens (tertiary/aromatic N) is 1. The molecule has 5 heteroatoms. The second-order valence-corrected chi connectivity index (χ2v) is 5.14. The van der Waals surface area contributed by atoms with Crippen LogP contribution in [0.15, 0.2) is 29.4 Å². The highest BCUT2D eigenvalue weighted by Gasteiger charge is 2.22. The molecule has 0 radical (unpaired) electrons. The standard InChI is InChI=1S/C14H23N3O2/c1-14(2,13(15)17-18)8-9-16-10-11-4-6-12(19-3)7-5-11/h4-7,16,18H,8-10H2,1-3H3,(H2,15,17). The van der Waals surface area contributed by atoms with Crippen molar-refractivity contribution < 1.29 is 9.94 Å². The molecular formula is C14H23N3O2. The van der Waals surface area contributed by atoms with Crippen LogP contribution < -0.4 is 15.8 Å². The lowest BCUT2D eigenvalue weighted by molar-refractivity contribution is 0.305. The van der Waals surface area contributed by atoms with Gasteiger partial charge in [0, 0.05) is 12.0 Å². The van der Waals surface area contributed by atoms with E-state index in [2.05, 4.69) is 10.5 Å². The van der Waals surface area contributed by atoms with Gasteiger partial charge in [-0.15, -0.1) is 0 Å². The molecule has 0 aliphatic heterocycles. The number of hydrogen-bond donors (Lipinski definition) is 3. The third-order valence-electron chi connectivity index (χ3n) is 3.22. The molecule has 0 spiro atoms. The van der Waals surface area contributed by atoms with Gasteiger partial charge in [0.25, 0.3) is 0 Å². The highest BCUT2D eigenvalue weighted by atomic mass is 16.5. The van der Waals surface area contributed by atoms with Crippen molar-refractivity contribution in [1.29, 1.82) is 0 Å². The Kier molecular flexibility index (Phi) is 5.63. The third kappa shape index (κ3) is 4.79. The number of nitrogens with two attached hydrogens (primary N) is 1. The monoisotopic (exact) mass is 265 g/mol. The van der Waals surface area contributed by atoms with Gasteiger partial charge in [0.15, 0.2) is 0 Å². The first kappa shape index (κ1) is 15.3. The Bertz CT molecular complexity index is 413. The SMILES string of the molecule is COc1ccc(CNCCC(C)(C)C(N)=NO)cc1. The minimum atomic E-state index is -0.304. The molecule has 0 fully saturated rings. The van der Waals surface area contributed by atoms with Crippen LogP contribution in [0.2, 0.25) is 0 Å². The van der Waals surface area contributed by atoms with Crippen LogP contribution in [-0.2, 0) is 6.54 Å². The lowest BCUT2D eigenvalue weighted by Crippen LogP contribution is -2.34. The van der Waals surface area contributed by atoms with Crippen LogP contribution in [0.5, 0.6) is 5.75 Å². The Morgan fingerprint density at radius 3 is 2.53 bits per heavy atom. The first-order valence-electron chi connectivity index (χ1n) is 6.31. The van der Waals surface area contributed by atoms with Crippen molar-refractivity contribution in [2.45, 2.75) is 26.8 Å². The van der Waals surface area contributed by atoms with Gasteiger partial charge in [0.1, 0.15) is 11.6 Å². The van der Waals surface area contributed by atoms with Crippen molar-refractivity contribution in [3.63, 3.8) is 0 Å². The van der Waals surface area contributed by atoms with Crippen LogP contribution >= 0.6 is 0 Å². The maximum atomic E-state index is 8.69. The summed E-state index contributed by atoms with van der Waals surface area (Å²) < 4.78 is 5.11. The molecule has 0 heterocycles. The van der Waals surface area contributed by atoms with E-state index < -0.39 is 0 Å². The number of ether oxygens (including phenoxy) is 1. The van der Waals surface area contributed by atoms with E-state index in [1.54, 1.807) is 7.11 Å². The van der Waals surface area contributed by atoms with Gasteiger partial charge in [0.05, 0.1) is 7.11 Å². The van der Waals surface area contributed by atoms with E-state index in [1.807, 2.05) is 38.1 Å². The molecule has 0 aliphatic rings. The molecule has 106 valence electrons. The molecular weight excluding hydrogens is 242 g/mol. The maximum Gasteiger partial charge on any atom is 0.144 e. The quantitative estimate of drug-likeness (QED) is 0.231. The molecule has 4 N–H and O–H groups in total. The Hall–Kier alpha value is -1.75. The smallest absolute Gasteiger partial charge is 0.144 e. The highest BCUT2D eigenvalue weighted by Crippen LogP contribution is 2.19. The van der Waals surface area contributed by atoms with E-state index in [1.165, 1.54) is 5.56 Å². The van der Waals surface area contributed by atoms with Crippen molar-refractivity contribution in [2.24, 2.45) is 16.3 Å². The van der Waals surface area contributed by atoms with Crippen LogP contribution in [0.3, 0.4) is 0 Å². The second-order valence-electron chi connectivity index (χ2n) is 5.14. The summed E-state index contributed by atoms with van der Waals surface area (Å²) in [6, 6.07) is 7.94. The summed E-state index contributed by atoms with van der Waals surface area (Å²) in [6.07, 6.45) is 0.805. The summed E-state index contributed by atoms with van der Waals surface area (Å²) in [5.74, 6) is 1.12. The summed E-state index contributed by atoms with van der Waals surface area (Å²) in [7, 11) is 1.66. The summed E-state index contributed by atoms with van der Waals surface area (Å²) in [6.45, 7) is 5.50. The lowest BCUT2D eigenvalue weighted by atomic mass is 9.88. The predicted octanol–water partition coefficient (Wildman–Crippen LogP) is 1.95. The summed E-state index contributed by atoms with van der Waals surface area (Å²) in [5, 5.41) is 15.1. The van der Waals surface area contributed by atoms with Crippen LogP contribution in [-0.4, -0.2) is 24.7 Å². The molecule has 0 bridgehead atoms. The second kappa shape index (κ2) is 6.99. The molecule has 1 aromatic rings. The average molecular weight is 265 g/mol. The van der Waals surface area contributed by atoms with Gasteiger partial charge in [-0.05, 0) is 30.7 Å². The van der Waals surface area contributed by atoms with Crippen LogP contribution in [0, 0.1) is 5.41 Å². The fraction of sp³-hybridized carbons (Fsp3) is 0.500.